The summed E-state index contributed by atoms with van der Waals surface area (Å²) in [5, 5.41) is 7.56. The van der Waals surface area contributed by atoms with Crippen LogP contribution >= 0.6 is 0 Å². The third-order valence-corrected chi connectivity index (χ3v) is 9.98. The van der Waals surface area contributed by atoms with Gasteiger partial charge in [0.25, 0.3) is 0 Å². The molecule has 1 heteroatoms. The molecule has 218 valence electrons. The first-order valence-corrected chi connectivity index (χ1v) is 16.1. The van der Waals surface area contributed by atoms with Crippen molar-refractivity contribution in [3.05, 3.63) is 175 Å². The Hall–Kier alpha value is -5.66. The molecule has 0 spiro atoms. The van der Waals surface area contributed by atoms with Crippen LogP contribution in [0.15, 0.2) is 164 Å². The summed E-state index contributed by atoms with van der Waals surface area (Å²) in [5.41, 5.74) is 11.2. The molecule has 0 N–H and O–H groups in total. The number of hydrogen-bond acceptors (Lipinski definition) is 1. The summed E-state index contributed by atoms with van der Waals surface area (Å²) < 4.78 is 0. The van der Waals surface area contributed by atoms with E-state index in [0.717, 1.165) is 11.4 Å². The Morgan fingerprint density at radius 3 is 1.80 bits per heavy atom. The van der Waals surface area contributed by atoms with Crippen molar-refractivity contribution in [2.75, 3.05) is 4.90 Å². The van der Waals surface area contributed by atoms with Gasteiger partial charge in [0.2, 0.25) is 0 Å². The molecule has 0 unspecified atom stereocenters. The third-order valence-electron chi connectivity index (χ3n) is 9.98. The largest absolute Gasteiger partial charge is 0.310 e. The van der Waals surface area contributed by atoms with Crippen LogP contribution in [0.5, 0.6) is 0 Å². The maximum Gasteiger partial charge on any atom is 0.0546 e. The zero-order valence-corrected chi connectivity index (χ0v) is 26.0. The summed E-state index contributed by atoms with van der Waals surface area (Å²) >= 11 is 0. The molecule has 46 heavy (non-hydrogen) atoms. The molecule has 1 nitrogen and oxygen atoms in total. The Kier molecular flexibility index (Phi) is 5.92. The molecule has 0 heterocycles. The third kappa shape index (κ3) is 4.09. The van der Waals surface area contributed by atoms with E-state index in [0.29, 0.717) is 0 Å². The van der Waals surface area contributed by atoms with Crippen molar-refractivity contribution in [2.24, 2.45) is 0 Å². The van der Waals surface area contributed by atoms with E-state index in [-0.39, 0.29) is 5.41 Å². The van der Waals surface area contributed by atoms with Gasteiger partial charge in [-0.1, -0.05) is 129 Å². The van der Waals surface area contributed by atoms with Crippen LogP contribution in [0.2, 0.25) is 0 Å². The molecule has 9 rings (SSSR count). The Morgan fingerprint density at radius 2 is 1.02 bits per heavy atom. The highest BCUT2D eigenvalue weighted by molar-refractivity contribution is 6.07. The number of nitrogens with zero attached hydrogens (tertiary/aromatic N) is 1. The second-order valence-corrected chi connectivity index (χ2v) is 13.0. The molecule has 0 saturated carbocycles. The molecule has 0 radical (unpaired) electrons. The van der Waals surface area contributed by atoms with Gasteiger partial charge < -0.3 is 4.90 Å². The lowest BCUT2D eigenvalue weighted by Gasteiger charge is -2.30. The van der Waals surface area contributed by atoms with Crippen molar-refractivity contribution >= 4 is 49.4 Å². The molecular weight excluding hydrogens is 555 g/mol. The van der Waals surface area contributed by atoms with Gasteiger partial charge in [-0.25, -0.2) is 0 Å². The molecular formula is C45H33N. The van der Waals surface area contributed by atoms with Crippen LogP contribution in [0, 0.1) is 0 Å². The standard InChI is InChI=1S/C45H33N/c1-45(2)41-28-34-16-9-8-15-33(34)27-40(41)39-24-23-37(29-42(39)45)46(36-17-4-3-5-18-36)43-25-22-31-13-10-11-19-38(31)44(43)35-21-20-30-12-6-7-14-32(30)26-35/h3-29H,1-2H3. The fraction of sp³-hybridized carbons (Fsp3) is 0.0667. The molecule has 0 saturated heterocycles. The van der Waals surface area contributed by atoms with Crippen molar-refractivity contribution in [3.63, 3.8) is 0 Å². The van der Waals surface area contributed by atoms with Crippen molar-refractivity contribution in [1.29, 1.82) is 0 Å². The Bertz CT molecular complexity index is 2450. The number of benzene rings is 8. The van der Waals surface area contributed by atoms with Crippen LogP contribution in [0.4, 0.5) is 17.1 Å². The maximum atomic E-state index is 2.45. The number of fused-ring (bicyclic) bond motifs is 6. The molecule has 8 aromatic carbocycles. The Morgan fingerprint density at radius 1 is 0.413 bits per heavy atom. The number of hydrogen-bond donors (Lipinski definition) is 0. The fourth-order valence-corrected chi connectivity index (χ4v) is 7.65. The monoisotopic (exact) mass is 587 g/mol. The summed E-state index contributed by atoms with van der Waals surface area (Å²) in [6.07, 6.45) is 0. The highest BCUT2D eigenvalue weighted by atomic mass is 15.1. The van der Waals surface area contributed by atoms with Crippen LogP contribution in [-0.4, -0.2) is 0 Å². The highest BCUT2D eigenvalue weighted by Crippen LogP contribution is 2.52. The van der Waals surface area contributed by atoms with Crippen LogP contribution in [-0.2, 0) is 5.41 Å². The van der Waals surface area contributed by atoms with E-state index in [1.807, 2.05) is 0 Å². The predicted molar refractivity (Wildman–Crippen MR) is 197 cm³/mol. The van der Waals surface area contributed by atoms with Gasteiger partial charge >= 0.3 is 0 Å². The molecule has 0 amide bonds. The number of rotatable bonds is 4. The van der Waals surface area contributed by atoms with Gasteiger partial charge in [0.15, 0.2) is 0 Å². The maximum absolute atomic E-state index is 2.45. The van der Waals surface area contributed by atoms with Gasteiger partial charge in [-0.3, -0.25) is 0 Å². The lowest BCUT2D eigenvalue weighted by atomic mass is 9.81. The minimum atomic E-state index is -0.127. The summed E-state index contributed by atoms with van der Waals surface area (Å²) in [4.78, 5) is 2.45. The van der Waals surface area contributed by atoms with Gasteiger partial charge in [0.05, 0.1) is 5.69 Å². The molecule has 0 bridgehead atoms. The van der Waals surface area contributed by atoms with E-state index in [9.17, 15) is 0 Å². The zero-order valence-electron chi connectivity index (χ0n) is 26.0. The van der Waals surface area contributed by atoms with Gasteiger partial charge in [0.1, 0.15) is 0 Å². The molecule has 0 fully saturated rings. The van der Waals surface area contributed by atoms with E-state index in [2.05, 4.69) is 183 Å². The van der Waals surface area contributed by atoms with E-state index < -0.39 is 0 Å². The summed E-state index contributed by atoms with van der Waals surface area (Å²) in [6.45, 7) is 4.75. The zero-order chi connectivity index (χ0) is 30.8. The number of para-hydroxylation sites is 1. The first kappa shape index (κ1) is 26.7. The van der Waals surface area contributed by atoms with Crippen LogP contribution in [0.25, 0.3) is 54.6 Å². The fourth-order valence-electron chi connectivity index (χ4n) is 7.65. The Labute approximate surface area is 270 Å². The topological polar surface area (TPSA) is 3.24 Å². The minimum Gasteiger partial charge on any atom is -0.310 e. The average molecular weight is 588 g/mol. The van der Waals surface area contributed by atoms with Crippen LogP contribution in [0.3, 0.4) is 0 Å². The molecule has 0 aromatic heterocycles. The highest BCUT2D eigenvalue weighted by Gasteiger charge is 2.36. The first-order chi connectivity index (χ1) is 22.6. The molecule has 0 aliphatic heterocycles. The van der Waals surface area contributed by atoms with Crippen molar-refractivity contribution in [2.45, 2.75) is 19.3 Å². The second kappa shape index (κ2) is 10.2. The summed E-state index contributed by atoms with van der Waals surface area (Å²) in [6, 6.07) is 60.3. The van der Waals surface area contributed by atoms with Gasteiger partial charge in [0, 0.05) is 22.4 Å². The number of anilines is 3. The second-order valence-electron chi connectivity index (χ2n) is 13.0. The Balaban J connectivity index is 1.30. The van der Waals surface area contributed by atoms with Crippen molar-refractivity contribution in [1.82, 2.24) is 0 Å². The van der Waals surface area contributed by atoms with E-state index >= 15 is 0 Å². The van der Waals surface area contributed by atoms with Crippen LogP contribution < -0.4 is 4.90 Å². The lowest BCUT2D eigenvalue weighted by molar-refractivity contribution is 0.661. The molecule has 0 atom stereocenters. The molecule has 1 aliphatic carbocycles. The lowest BCUT2D eigenvalue weighted by Crippen LogP contribution is -2.17. The van der Waals surface area contributed by atoms with Gasteiger partial charge in [-0.05, 0) is 109 Å². The van der Waals surface area contributed by atoms with E-state index in [1.165, 1.54) is 71.4 Å². The van der Waals surface area contributed by atoms with E-state index in [4.69, 9.17) is 0 Å². The average Bonchev–Trinajstić information content (AvgIpc) is 3.32. The van der Waals surface area contributed by atoms with Gasteiger partial charge in [-0.15, -0.1) is 0 Å². The van der Waals surface area contributed by atoms with E-state index in [1.54, 1.807) is 0 Å². The van der Waals surface area contributed by atoms with Crippen molar-refractivity contribution < 1.29 is 0 Å². The summed E-state index contributed by atoms with van der Waals surface area (Å²) in [7, 11) is 0. The normalized spacial score (nSPS) is 13.2. The smallest absolute Gasteiger partial charge is 0.0546 e. The first-order valence-electron chi connectivity index (χ1n) is 16.1. The van der Waals surface area contributed by atoms with Gasteiger partial charge in [-0.2, -0.15) is 0 Å². The minimum absolute atomic E-state index is 0.127. The SMILES string of the molecule is CC1(C)c2cc(N(c3ccccc3)c3ccc4ccccc4c3-c3ccc4ccccc4c3)ccc2-c2cc3ccccc3cc21. The van der Waals surface area contributed by atoms with Crippen molar-refractivity contribution in [3.8, 4) is 22.3 Å². The molecule has 1 aliphatic rings. The molecule has 8 aromatic rings. The predicted octanol–water partition coefficient (Wildman–Crippen LogP) is 12.6. The quantitative estimate of drug-likeness (QED) is 0.198. The van der Waals surface area contributed by atoms with Crippen LogP contribution in [0.1, 0.15) is 25.0 Å². The summed E-state index contributed by atoms with van der Waals surface area (Å²) in [5.74, 6) is 0.